The third-order valence-corrected chi connectivity index (χ3v) is 6.48. The van der Waals surface area contributed by atoms with E-state index in [4.69, 9.17) is 4.74 Å². The molecular formula is C21H24N2O6S. The number of amides is 1. The number of carboxylic acids is 2. The fourth-order valence-corrected chi connectivity index (χ4v) is 5.05. The first-order chi connectivity index (χ1) is 14.2. The van der Waals surface area contributed by atoms with Crippen LogP contribution in [0.5, 0.6) is 5.75 Å². The fraction of sp³-hybridized carbons (Fsp3) is 0.381. The summed E-state index contributed by atoms with van der Waals surface area (Å²) in [5.74, 6) is -2.57. The number of hydrogen-bond donors (Lipinski definition) is 4. The third-order valence-electron chi connectivity index (χ3n) is 4.98. The molecule has 1 unspecified atom stereocenters. The van der Waals surface area contributed by atoms with Gasteiger partial charge in [-0.25, -0.2) is 4.79 Å². The van der Waals surface area contributed by atoms with Crippen LogP contribution in [0.1, 0.15) is 31.1 Å². The molecule has 1 aliphatic heterocycles. The molecule has 160 valence electrons. The zero-order valence-electron chi connectivity index (χ0n) is 16.8. The minimum atomic E-state index is -1.33. The predicted octanol–water partition coefficient (Wildman–Crippen LogP) is 2.32. The largest absolute Gasteiger partial charge is 0.493 e. The Morgan fingerprint density at radius 1 is 1.20 bits per heavy atom. The van der Waals surface area contributed by atoms with Crippen molar-refractivity contribution < 1.29 is 29.3 Å². The third kappa shape index (κ3) is 4.22. The van der Waals surface area contributed by atoms with E-state index in [0.717, 1.165) is 5.39 Å². The summed E-state index contributed by atoms with van der Waals surface area (Å²) in [6.07, 6.45) is 0. The van der Waals surface area contributed by atoms with Gasteiger partial charge in [0.2, 0.25) is 0 Å². The summed E-state index contributed by atoms with van der Waals surface area (Å²) in [4.78, 5) is 36.7. The summed E-state index contributed by atoms with van der Waals surface area (Å²) in [5.41, 5.74) is 0.248. The first kappa shape index (κ1) is 21.9. The number of ether oxygens (including phenoxy) is 1. The molecule has 1 amide bonds. The van der Waals surface area contributed by atoms with Gasteiger partial charge in [-0.2, -0.15) is 0 Å². The second-order valence-electron chi connectivity index (χ2n) is 7.46. The van der Waals surface area contributed by atoms with Gasteiger partial charge in [-0.1, -0.05) is 30.3 Å². The normalized spacial score (nSPS) is 21.2. The molecule has 1 heterocycles. The van der Waals surface area contributed by atoms with Crippen LogP contribution in [-0.2, 0) is 9.59 Å². The summed E-state index contributed by atoms with van der Waals surface area (Å²) in [5, 5.41) is 25.2. The highest BCUT2D eigenvalue weighted by atomic mass is 32.2. The summed E-state index contributed by atoms with van der Waals surface area (Å²) >= 11 is 1.18. The summed E-state index contributed by atoms with van der Waals surface area (Å²) < 4.78 is 4.86. The molecule has 1 saturated heterocycles. The molecule has 1 aliphatic rings. The number of benzene rings is 2. The van der Waals surface area contributed by atoms with Crippen molar-refractivity contribution in [2.45, 2.75) is 43.0 Å². The number of carboxylic acid groups (broad SMARTS) is 2. The van der Waals surface area contributed by atoms with Gasteiger partial charge in [0.25, 0.3) is 5.91 Å². The molecule has 2 aromatic carbocycles. The van der Waals surface area contributed by atoms with Gasteiger partial charge >= 0.3 is 11.9 Å². The van der Waals surface area contributed by atoms with Gasteiger partial charge in [0, 0.05) is 4.75 Å². The first-order valence-corrected chi connectivity index (χ1v) is 10.4. The highest BCUT2D eigenvalue weighted by Gasteiger charge is 2.49. The lowest BCUT2D eigenvalue weighted by molar-refractivity contribution is -0.142. The molecule has 1 fully saturated rings. The molecule has 0 radical (unpaired) electrons. The second kappa shape index (κ2) is 8.53. The Hall–Kier alpha value is -2.78. The standard InChI is InChI=1S/C21H24N2O6S/c1-4-29-13-10-9-11-7-5-6-8-12(11)14(13)17(24)22-15(19(25)26)18-23-16(20(27)28)21(2,3)30-18/h5-10,15-16,18,23H,4H2,1-3H3,(H,22,24)(H,25,26)(H,27,28)/t15?,16-,18+/m0/s1. The Morgan fingerprint density at radius 3 is 2.50 bits per heavy atom. The maximum atomic E-state index is 13.2. The lowest BCUT2D eigenvalue weighted by atomic mass is 10.0. The number of rotatable bonds is 7. The molecule has 4 N–H and O–H groups in total. The molecular weight excluding hydrogens is 408 g/mol. The molecule has 3 rings (SSSR count). The number of carbonyl (C=O) groups is 3. The van der Waals surface area contributed by atoms with Crippen LogP contribution in [0, 0.1) is 0 Å². The van der Waals surface area contributed by atoms with Gasteiger partial charge in [-0.3, -0.25) is 14.9 Å². The van der Waals surface area contributed by atoms with E-state index in [9.17, 15) is 24.6 Å². The Labute approximate surface area is 178 Å². The van der Waals surface area contributed by atoms with Gasteiger partial charge in [-0.05, 0) is 37.6 Å². The van der Waals surface area contributed by atoms with Crippen LogP contribution in [0.25, 0.3) is 10.8 Å². The minimum Gasteiger partial charge on any atom is -0.493 e. The van der Waals surface area contributed by atoms with Crippen molar-refractivity contribution in [1.82, 2.24) is 10.6 Å². The van der Waals surface area contributed by atoms with E-state index in [1.165, 1.54) is 11.8 Å². The Bertz CT molecular complexity index is 993. The van der Waals surface area contributed by atoms with Gasteiger partial charge < -0.3 is 20.3 Å². The smallest absolute Gasteiger partial charge is 0.328 e. The number of nitrogens with one attached hydrogen (secondary N) is 2. The molecule has 2 aromatic rings. The van der Waals surface area contributed by atoms with Crippen molar-refractivity contribution in [3.8, 4) is 5.75 Å². The molecule has 0 bridgehead atoms. The molecule has 0 aromatic heterocycles. The number of hydrogen-bond acceptors (Lipinski definition) is 6. The van der Waals surface area contributed by atoms with Gasteiger partial charge in [0.1, 0.15) is 11.8 Å². The summed E-state index contributed by atoms with van der Waals surface area (Å²) in [7, 11) is 0. The van der Waals surface area contributed by atoms with Crippen molar-refractivity contribution in [3.05, 3.63) is 42.0 Å². The van der Waals surface area contributed by atoms with E-state index in [0.29, 0.717) is 17.7 Å². The van der Waals surface area contributed by atoms with Crippen LogP contribution in [0.15, 0.2) is 36.4 Å². The average molecular weight is 432 g/mol. The molecule has 9 heteroatoms. The van der Waals surface area contributed by atoms with Gasteiger partial charge in [-0.15, -0.1) is 11.8 Å². The fourth-order valence-electron chi connectivity index (χ4n) is 3.57. The zero-order chi connectivity index (χ0) is 22.1. The number of fused-ring (bicyclic) bond motifs is 1. The van der Waals surface area contributed by atoms with Crippen LogP contribution in [0.2, 0.25) is 0 Å². The zero-order valence-corrected chi connectivity index (χ0v) is 17.7. The van der Waals surface area contributed by atoms with E-state index in [1.54, 1.807) is 39.0 Å². The van der Waals surface area contributed by atoms with Crippen molar-refractivity contribution in [3.63, 3.8) is 0 Å². The molecule has 30 heavy (non-hydrogen) atoms. The van der Waals surface area contributed by atoms with Crippen LogP contribution >= 0.6 is 11.8 Å². The predicted molar refractivity (Wildman–Crippen MR) is 114 cm³/mol. The minimum absolute atomic E-state index is 0.248. The van der Waals surface area contributed by atoms with Crippen LogP contribution in [0.3, 0.4) is 0 Å². The number of carbonyl (C=O) groups excluding carboxylic acids is 1. The lowest BCUT2D eigenvalue weighted by Gasteiger charge is -2.23. The molecule has 3 atom stereocenters. The summed E-state index contributed by atoms with van der Waals surface area (Å²) in [6, 6.07) is 8.50. The number of aliphatic carboxylic acids is 2. The number of thioether (sulfide) groups is 1. The topological polar surface area (TPSA) is 125 Å². The van der Waals surface area contributed by atoms with Crippen LogP contribution < -0.4 is 15.4 Å². The maximum absolute atomic E-state index is 13.2. The Kier molecular flexibility index (Phi) is 6.23. The molecule has 0 saturated carbocycles. The monoisotopic (exact) mass is 432 g/mol. The molecule has 8 nitrogen and oxygen atoms in total. The molecule has 0 spiro atoms. The Balaban J connectivity index is 1.94. The second-order valence-corrected chi connectivity index (χ2v) is 9.26. The van der Waals surface area contributed by atoms with Crippen molar-refractivity contribution in [2.24, 2.45) is 0 Å². The SMILES string of the molecule is CCOc1ccc2ccccc2c1C(=O)NC(C(=O)O)[C@@H]1N[C@@H](C(=O)O)C(C)(C)S1. The van der Waals surface area contributed by atoms with E-state index in [1.807, 2.05) is 18.2 Å². The van der Waals surface area contributed by atoms with E-state index >= 15 is 0 Å². The van der Waals surface area contributed by atoms with Gasteiger partial charge in [0.05, 0.1) is 17.5 Å². The average Bonchev–Trinajstić information content (AvgIpc) is 3.00. The summed E-state index contributed by atoms with van der Waals surface area (Å²) in [6.45, 7) is 5.59. The quantitative estimate of drug-likeness (QED) is 0.525. The van der Waals surface area contributed by atoms with Crippen LogP contribution in [-0.4, -0.2) is 56.9 Å². The van der Waals surface area contributed by atoms with Crippen molar-refractivity contribution >= 4 is 40.4 Å². The van der Waals surface area contributed by atoms with E-state index < -0.39 is 40.1 Å². The van der Waals surface area contributed by atoms with Crippen LogP contribution in [0.4, 0.5) is 0 Å². The Morgan fingerprint density at radius 2 is 1.90 bits per heavy atom. The van der Waals surface area contributed by atoms with Crippen molar-refractivity contribution in [1.29, 1.82) is 0 Å². The maximum Gasteiger partial charge on any atom is 0.328 e. The molecule has 0 aliphatic carbocycles. The van der Waals surface area contributed by atoms with E-state index in [2.05, 4.69) is 10.6 Å². The lowest BCUT2D eigenvalue weighted by Crippen LogP contribution is -2.53. The highest BCUT2D eigenvalue weighted by Crippen LogP contribution is 2.39. The van der Waals surface area contributed by atoms with Gasteiger partial charge in [0.15, 0.2) is 6.04 Å². The first-order valence-electron chi connectivity index (χ1n) is 9.50. The van der Waals surface area contributed by atoms with E-state index in [-0.39, 0.29) is 5.56 Å². The highest BCUT2D eigenvalue weighted by molar-refractivity contribution is 8.01. The van der Waals surface area contributed by atoms with Crippen molar-refractivity contribution in [2.75, 3.05) is 6.61 Å².